The van der Waals surface area contributed by atoms with E-state index in [-0.39, 0.29) is 0 Å². The third-order valence-corrected chi connectivity index (χ3v) is 2.97. The minimum Gasteiger partial charge on any atom is -0.497 e. The van der Waals surface area contributed by atoms with Crippen LogP contribution in [0.3, 0.4) is 0 Å². The van der Waals surface area contributed by atoms with Gasteiger partial charge in [0.25, 0.3) is 0 Å². The van der Waals surface area contributed by atoms with E-state index in [9.17, 15) is 0 Å². The van der Waals surface area contributed by atoms with Crippen molar-refractivity contribution in [1.82, 2.24) is 9.97 Å². The van der Waals surface area contributed by atoms with E-state index in [1.807, 2.05) is 36.2 Å². The molecular formula is C13H15ClN4O. The van der Waals surface area contributed by atoms with Crippen LogP contribution < -0.4 is 15.0 Å². The number of hydrogen-bond acceptors (Lipinski definition) is 5. The molecule has 0 aliphatic heterocycles. The lowest BCUT2D eigenvalue weighted by Crippen LogP contribution is -2.13. The van der Waals surface area contributed by atoms with Gasteiger partial charge in [-0.05, 0) is 12.1 Å². The number of halogens is 1. The molecule has 1 aromatic carbocycles. The van der Waals surface area contributed by atoms with Crippen molar-refractivity contribution in [3.8, 4) is 5.75 Å². The van der Waals surface area contributed by atoms with E-state index >= 15 is 0 Å². The van der Waals surface area contributed by atoms with Gasteiger partial charge in [-0.2, -0.15) is 4.98 Å². The summed E-state index contributed by atoms with van der Waals surface area (Å²) in [5.74, 6) is 1.94. The summed E-state index contributed by atoms with van der Waals surface area (Å²) in [6, 6.07) is 7.67. The summed E-state index contributed by atoms with van der Waals surface area (Å²) >= 11 is 6.15. The Labute approximate surface area is 117 Å². The number of nitrogens with zero attached hydrogens (tertiary/aromatic N) is 3. The van der Waals surface area contributed by atoms with Crippen molar-refractivity contribution in [2.75, 3.05) is 31.4 Å². The van der Waals surface area contributed by atoms with E-state index < -0.39 is 0 Å². The van der Waals surface area contributed by atoms with Crippen molar-refractivity contribution in [2.24, 2.45) is 0 Å². The van der Waals surface area contributed by atoms with E-state index in [0.717, 1.165) is 11.4 Å². The van der Waals surface area contributed by atoms with Gasteiger partial charge in [0.05, 0.1) is 13.3 Å². The summed E-state index contributed by atoms with van der Waals surface area (Å²) in [5, 5.41) is 3.38. The average molecular weight is 279 g/mol. The SMILES string of the molecule is CNc1ncc(Cl)c(N(C)c2cccc(OC)c2)n1. The van der Waals surface area contributed by atoms with Gasteiger partial charge in [0.1, 0.15) is 10.8 Å². The summed E-state index contributed by atoms with van der Waals surface area (Å²) in [4.78, 5) is 10.3. The van der Waals surface area contributed by atoms with Crippen LogP contribution in [0.2, 0.25) is 5.02 Å². The molecule has 0 unspecified atom stereocenters. The summed E-state index contributed by atoms with van der Waals surface area (Å²) in [6.07, 6.45) is 1.58. The van der Waals surface area contributed by atoms with Crippen LogP contribution in [0.4, 0.5) is 17.5 Å². The molecule has 0 spiro atoms. The fourth-order valence-electron chi connectivity index (χ4n) is 1.66. The Kier molecular flexibility index (Phi) is 4.06. The van der Waals surface area contributed by atoms with Crippen molar-refractivity contribution in [3.63, 3.8) is 0 Å². The molecule has 1 N–H and O–H groups in total. The topological polar surface area (TPSA) is 50.3 Å². The molecule has 0 aliphatic rings. The van der Waals surface area contributed by atoms with E-state index in [4.69, 9.17) is 16.3 Å². The number of anilines is 3. The molecule has 100 valence electrons. The fraction of sp³-hybridized carbons (Fsp3) is 0.231. The molecule has 0 fully saturated rings. The third-order valence-electron chi connectivity index (χ3n) is 2.71. The monoisotopic (exact) mass is 278 g/mol. The maximum absolute atomic E-state index is 6.15. The van der Waals surface area contributed by atoms with Gasteiger partial charge in [-0.3, -0.25) is 0 Å². The van der Waals surface area contributed by atoms with E-state index in [1.165, 1.54) is 0 Å². The molecule has 2 rings (SSSR count). The predicted molar refractivity (Wildman–Crippen MR) is 77.6 cm³/mol. The average Bonchev–Trinajstić information content (AvgIpc) is 2.47. The van der Waals surface area contributed by atoms with Crippen LogP contribution in [0.15, 0.2) is 30.5 Å². The zero-order valence-electron chi connectivity index (χ0n) is 11.0. The van der Waals surface area contributed by atoms with Crippen LogP contribution in [0.5, 0.6) is 5.75 Å². The maximum Gasteiger partial charge on any atom is 0.224 e. The summed E-state index contributed by atoms with van der Waals surface area (Å²) in [7, 11) is 5.29. The van der Waals surface area contributed by atoms with Crippen LogP contribution in [0.25, 0.3) is 0 Å². The van der Waals surface area contributed by atoms with Gasteiger partial charge in [-0.1, -0.05) is 17.7 Å². The van der Waals surface area contributed by atoms with E-state index in [1.54, 1.807) is 20.4 Å². The zero-order valence-corrected chi connectivity index (χ0v) is 11.8. The Bertz CT molecular complexity index is 576. The third kappa shape index (κ3) is 2.88. The number of ether oxygens (including phenoxy) is 1. The lowest BCUT2D eigenvalue weighted by molar-refractivity contribution is 0.415. The molecule has 0 saturated carbocycles. The first-order chi connectivity index (χ1) is 9.15. The summed E-state index contributed by atoms with van der Waals surface area (Å²) < 4.78 is 5.21. The first-order valence-corrected chi connectivity index (χ1v) is 6.11. The molecule has 0 bridgehead atoms. The molecule has 5 nitrogen and oxygen atoms in total. The van der Waals surface area contributed by atoms with Gasteiger partial charge in [0.2, 0.25) is 5.95 Å². The normalized spacial score (nSPS) is 10.1. The van der Waals surface area contributed by atoms with Gasteiger partial charge in [0.15, 0.2) is 5.82 Å². The van der Waals surface area contributed by atoms with E-state index in [2.05, 4.69) is 15.3 Å². The van der Waals surface area contributed by atoms with Crippen molar-refractivity contribution in [2.45, 2.75) is 0 Å². The van der Waals surface area contributed by atoms with Crippen LogP contribution in [-0.2, 0) is 0 Å². The molecule has 6 heteroatoms. The molecule has 1 aromatic heterocycles. The minimum absolute atomic E-state index is 0.490. The highest BCUT2D eigenvalue weighted by Crippen LogP contribution is 2.30. The van der Waals surface area contributed by atoms with Crippen LogP contribution in [-0.4, -0.2) is 31.2 Å². The first-order valence-electron chi connectivity index (χ1n) is 5.73. The molecule has 2 aromatic rings. The second-order valence-corrected chi connectivity index (χ2v) is 4.28. The molecule has 0 radical (unpaired) electrons. The quantitative estimate of drug-likeness (QED) is 0.932. The number of hydrogen-bond donors (Lipinski definition) is 1. The van der Waals surface area contributed by atoms with Gasteiger partial charge >= 0.3 is 0 Å². The molecular weight excluding hydrogens is 264 g/mol. The van der Waals surface area contributed by atoms with Crippen molar-refractivity contribution < 1.29 is 4.74 Å². The summed E-state index contributed by atoms with van der Waals surface area (Å²) in [5.41, 5.74) is 0.932. The Morgan fingerprint density at radius 3 is 2.84 bits per heavy atom. The second kappa shape index (κ2) is 5.75. The maximum atomic E-state index is 6.15. The molecule has 0 atom stereocenters. The molecule has 1 heterocycles. The zero-order chi connectivity index (χ0) is 13.8. The van der Waals surface area contributed by atoms with Gasteiger partial charge < -0.3 is 15.0 Å². The second-order valence-electron chi connectivity index (χ2n) is 3.88. The predicted octanol–water partition coefficient (Wildman–Crippen LogP) is 2.95. The van der Waals surface area contributed by atoms with Gasteiger partial charge in [-0.15, -0.1) is 0 Å². The van der Waals surface area contributed by atoms with Crippen LogP contribution in [0, 0.1) is 0 Å². The first kappa shape index (κ1) is 13.4. The smallest absolute Gasteiger partial charge is 0.224 e. The number of rotatable bonds is 4. The van der Waals surface area contributed by atoms with Crippen molar-refractivity contribution in [3.05, 3.63) is 35.5 Å². The highest BCUT2D eigenvalue weighted by atomic mass is 35.5. The standard InChI is InChI=1S/C13H15ClN4O/c1-15-13-16-8-11(14)12(17-13)18(2)9-5-4-6-10(7-9)19-3/h4-8H,1-3H3,(H,15,16,17). The molecule has 0 aliphatic carbocycles. The minimum atomic E-state index is 0.490. The molecule has 0 amide bonds. The lowest BCUT2D eigenvalue weighted by Gasteiger charge is -2.20. The Hall–Kier alpha value is -2.01. The number of aromatic nitrogens is 2. The molecule has 0 saturated heterocycles. The fourth-order valence-corrected chi connectivity index (χ4v) is 1.87. The van der Waals surface area contributed by atoms with Gasteiger partial charge in [0, 0.05) is 25.8 Å². The summed E-state index contributed by atoms with van der Waals surface area (Å²) in [6.45, 7) is 0. The van der Waals surface area contributed by atoms with Crippen molar-refractivity contribution in [1.29, 1.82) is 0 Å². The molecule has 19 heavy (non-hydrogen) atoms. The van der Waals surface area contributed by atoms with Crippen molar-refractivity contribution >= 4 is 29.1 Å². The number of benzene rings is 1. The largest absolute Gasteiger partial charge is 0.497 e. The number of methoxy groups -OCH3 is 1. The Morgan fingerprint density at radius 1 is 1.37 bits per heavy atom. The Morgan fingerprint density at radius 2 is 2.16 bits per heavy atom. The van der Waals surface area contributed by atoms with Crippen LogP contribution >= 0.6 is 11.6 Å². The lowest BCUT2D eigenvalue weighted by atomic mass is 10.3. The Balaban J connectivity index is 2.39. The number of nitrogens with one attached hydrogen (secondary N) is 1. The highest BCUT2D eigenvalue weighted by Gasteiger charge is 2.12. The van der Waals surface area contributed by atoms with E-state index in [0.29, 0.717) is 16.8 Å². The van der Waals surface area contributed by atoms with Gasteiger partial charge in [-0.25, -0.2) is 4.98 Å². The highest BCUT2D eigenvalue weighted by molar-refractivity contribution is 6.33. The van der Waals surface area contributed by atoms with Crippen LogP contribution in [0.1, 0.15) is 0 Å².